The standard InChI is InChI=1S/C23H22ClN3O3S/c1-2-30-18-8-4-3-7-17(18)25-22(29)16-6-5-9-19-20(16)26-23(31-19)27-21(28)14-10-12-15(24)13-11-14/h3-4,7-8,10-13,16H,2,5-6,9H2,1H3,(H,25,29)(H,26,27,28). The summed E-state index contributed by atoms with van der Waals surface area (Å²) in [6, 6.07) is 14.1. The number of nitrogens with one attached hydrogen (secondary N) is 2. The minimum atomic E-state index is -0.365. The predicted molar refractivity (Wildman–Crippen MR) is 123 cm³/mol. The molecule has 4 rings (SSSR count). The van der Waals surface area contributed by atoms with E-state index in [-0.39, 0.29) is 17.7 Å². The Labute approximate surface area is 189 Å². The van der Waals surface area contributed by atoms with Crippen LogP contribution in [0.1, 0.15) is 46.6 Å². The molecule has 0 saturated heterocycles. The lowest BCUT2D eigenvalue weighted by Gasteiger charge is -2.21. The molecule has 0 radical (unpaired) electrons. The van der Waals surface area contributed by atoms with Gasteiger partial charge in [-0.25, -0.2) is 4.98 Å². The Morgan fingerprint density at radius 3 is 2.71 bits per heavy atom. The van der Waals surface area contributed by atoms with E-state index >= 15 is 0 Å². The molecule has 31 heavy (non-hydrogen) atoms. The highest BCUT2D eigenvalue weighted by Gasteiger charge is 2.31. The van der Waals surface area contributed by atoms with Crippen molar-refractivity contribution in [3.05, 3.63) is 69.7 Å². The number of hydrogen-bond acceptors (Lipinski definition) is 5. The number of aromatic nitrogens is 1. The molecule has 2 N–H and O–H groups in total. The number of fused-ring (bicyclic) bond motifs is 1. The third-order valence-electron chi connectivity index (χ3n) is 5.04. The number of amides is 2. The first-order valence-electron chi connectivity index (χ1n) is 10.1. The van der Waals surface area contributed by atoms with Crippen LogP contribution in [0.15, 0.2) is 48.5 Å². The van der Waals surface area contributed by atoms with Crippen LogP contribution in [0, 0.1) is 0 Å². The summed E-state index contributed by atoms with van der Waals surface area (Å²) in [7, 11) is 0. The first-order chi connectivity index (χ1) is 15.0. The fourth-order valence-electron chi connectivity index (χ4n) is 3.57. The van der Waals surface area contributed by atoms with Crippen LogP contribution in [0.2, 0.25) is 5.02 Å². The van der Waals surface area contributed by atoms with Crippen molar-refractivity contribution >= 4 is 45.6 Å². The number of carbonyl (C=O) groups is 2. The minimum absolute atomic E-state index is 0.117. The molecular formula is C23H22ClN3O3S. The second kappa shape index (κ2) is 9.49. The number of halogens is 1. The van der Waals surface area contributed by atoms with Crippen LogP contribution in [0.4, 0.5) is 10.8 Å². The lowest BCUT2D eigenvalue weighted by atomic mass is 9.90. The van der Waals surface area contributed by atoms with E-state index in [1.807, 2.05) is 31.2 Å². The molecule has 6 nitrogen and oxygen atoms in total. The summed E-state index contributed by atoms with van der Waals surface area (Å²) < 4.78 is 5.61. The van der Waals surface area contributed by atoms with Crippen molar-refractivity contribution in [2.24, 2.45) is 0 Å². The highest BCUT2D eigenvalue weighted by atomic mass is 35.5. The molecule has 1 aliphatic carbocycles. The smallest absolute Gasteiger partial charge is 0.257 e. The zero-order chi connectivity index (χ0) is 21.8. The van der Waals surface area contributed by atoms with Gasteiger partial charge in [0.1, 0.15) is 5.75 Å². The van der Waals surface area contributed by atoms with Gasteiger partial charge in [-0.05, 0) is 62.6 Å². The van der Waals surface area contributed by atoms with Gasteiger partial charge in [0.15, 0.2) is 5.13 Å². The van der Waals surface area contributed by atoms with E-state index in [0.717, 1.165) is 23.4 Å². The van der Waals surface area contributed by atoms with Crippen molar-refractivity contribution in [3.63, 3.8) is 0 Å². The zero-order valence-corrected chi connectivity index (χ0v) is 18.6. The monoisotopic (exact) mass is 455 g/mol. The molecule has 1 unspecified atom stereocenters. The first-order valence-corrected chi connectivity index (χ1v) is 11.3. The summed E-state index contributed by atoms with van der Waals surface area (Å²) >= 11 is 7.31. The average molecular weight is 456 g/mol. The summed E-state index contributed by atoms with van der Waals surface area (Å²) in [6.45, 7) is 2.42. The molecule has 1 aliphatic rings. The molecule has 0 spiro atoms. The van der Waals surface area contributed by atoms with Crippen LogP contribution in [-0.4, -0.2) is 23.4 Å². The predicted octanol–water partition coefficient (Wildman–Crippen LogP) is 5.51. The number of ether oxygens (including phenoxy) is 1. The Bertz CT molecular complexity index is 1100. The summed E-state index contributed by atoms with van der Waals surface area (Å²) in [5.41, 5.74) is 1.89. The number of carbonyl (C=O) groups excluding carboxylic acids is 2. The zero-order valence-electron chi connectivity index (χ0n) is 17.0. The lowest BCUT2D eigenvalue weighted by molar-refractivity contribution is -0.118. The molecule has 1 aromatic heterocycles. The highest BCUT2D eigenvalue weighted by molar-refractivity contribution is 7.16. The van der Waals surface area contributed by atoms with Gasteiger partial charge in [-0.1, -0.05) is 23.7 Å². The maximum absolute atomic E-state index is 13.1. The van der Waals surface area contributed by atoms with Gasteiger partial charge in [0.25, 0.3) is 5.91 Å². The number of thiazole rings is 1. The van der Waals surface area contributed by atoms with Crippen LogP contribution in [0.3, 0.4) is 0 Å². The van der Waals surface area contributed by atoms with Crippen molar-refractivity contribution in [3.8, 4) is 5.75 Å². The lowest BCUT2D eigenvalue weighted by Crippen LogP contribution is -2.25. The van der Waals surface area contributed by atoms with E-state index in [2.05, 4.69) is 15.6 Å². The quantitative estimate of drug-likeness (QED) is 0.513. The van der Waals surface area contributed by atoms with Crippen LogP contribution >= 0.6 is 22.9 Å². The molecule has 2 amide bonds. The van der Waals surface area contributed by atoms with Gasteiger partial charge < -0.3 is 10.1 Å². The van der Waals surface area contributed by atoms with Gasteiger partial charge in [-0.3, -0.25) is 14.9 Å². The Morgan fingerprint density at radius 1 is 1.16 bits per heavy atom. The summed E-state index contributed by atoms with van der Waals surface area (Å²) in [4.78, 5) is 31.2. The SMILES string of the molecule is CCOc1ccccc1NC(=O)C1CCCc2sc(NC(=O)c3ccc(Cl)cc3)nc21. The van der Waals surface area contributed by atoms with E-state index in [1.54, 1.807) is 24.3 Å². The Kier molecular flexibility index (Phi) is 6.53. The largest absolute Gasteiger partial charge is 0.492 e. The third-order valence-corrected chi connectivity index (χ3v) is 6.34. The van der Waals surface area contributed by atoms with E-state index in [4.69, 9.17) is 16.3 Å². The van der Waals surface area contributed by atoms with E-state index in [9.17, 15) is 9.59 Å². The van der Waals surface area contributed by atoms with Gasteiger partial charge in [-0.2, -0.15) is 0 Å². The Hall–Kier alpha value is -2.90. The highest BCUT2D eigenvalue weighted by Crippen LogP contribution is 2.38. The molecule has 0 bridgehead atoms. The van der Waals surface area contributed by atoms with E-state index in [1.165, 1.54) is 11.3 Å². The molecule has 8 heteroatoms. The molecule has 1 atom stereocenters. The van der Waals surface area contributed by atoms with Crippen LogP contribution in [-0.2, 0) is 11.2 Å². The van der Waals surface area contributed by atoms with Crippen LogP contribution in [0.5, 0.6) is 5.75 Å². The maximum atomic E-state index is 13.1. The molecule has 0 aliphatic heterocycles. The van der Waals surface area contributed by atoms with Crippen LogP contribution in [0.25, 0.3) is 0 Å². The fourth-order valence-corrected chi connectivity index (χ4v) is 4.75. The van der Waals surface area contributed by atoms with Crippen molar-refractivity contribution in [2.45, 2.75) is 32.1 Å². The summed E-state index contributed by atoms with van der Waals surface area (Å²) in [5.74, 6) is -0.0946. The second-order valence-corrected chi connectivity index (χ2v) is 8.67. The van der Waals surface area contributed by atoms with Crippen molar-refractivity contribution in [2.75, 3.05) is 17.2 Å². The summed E-state index contributed by atoms with van der Waals surface area (Å²) in [6.07, 6.45) is 2.46. The third kappa shape index (κ3) is 4.89. The molecule has 0 saturated carbocycles. The second-order valence-electron chi connectivity index (χ2n) is 7.15. The molecule has 1 heterocycles. The molecular weight excluding hydrogens is 434 g/mol. The molecule has 160 valence electrons. The fraction of sp³-hybridized carbons (Fsp3) is 0.261. The van der Waals surface area contributed by atoms with Crippen molar-refractivity contribution in [1.29, 1.82) is 0 Å². The maximum Gasteiger partial charge on any atom is 0.257 e. The van der Waals surface area contributed by atoms with Gasteiger partial charge >= 0.3 is 0 Å². The number of nitrogens with zero attached hydrogens (tertiary/aromatic N) is 1. The average Bonchev–Trinajstić information content (AvgIpc) is 3.18. The van der Waals surface area contributed by atoms with Crippen LogP contribution < -0.4 is 15.4 Å². The number of para-hydroxylation sites is 2. The van der Waals surface area contributed by atoms with Crippen molar-refractivity contribution in [1.82, 2.24) is 4.98 Å². The van der Waals surface area contributed by atoms with Gasteiger partial charge in [0.2, 0.25) is 5.91 Å². The molecule has 0 fully saturated rings. The number of benzene rings is 2. The van der Waals surface area contributed by atoms with Gasteiger partial charge in [-0.15, -0.1) is 11.3 Å². The number of rotatable bonds is 6. The number of anilines is 2. The Balaban J connectivity index is 1.50. The number of aryl methyl sites for hydroxylation is 1. The topological polar surface area (TPSA) is 80.3 Å². The minimum Gasteiger partial charge on any atom is -0.492 e. The van der Waals surface area contributed by atoms with Gasteiger partial charge in [0.05, 0.1) is 23.9 Å². The molecule has 3 aromatic rings. The van der Waals surface area contributed by atoms with E-state index in [0.29, 0.717) is 40.2 Å². The number of hydrogen-bond donors (Lipinski definition) is 2. The first kappa shape index (κ1) is 21.3. The normalized spacial score (nSPS) is 15.1. The molecule has 2 aromatic carbocycles. The van der Waals surface area contributed by atoms with Gasteiger partial charge in [0, 0.05) is 15.5 Å². The Morgan fingerprint density at radius 2 is 1.94 bits per heavy atom. The van der Waals surface area contributed by atoms with Crippen molar-refractivity contribution < 1.29 is 14.3 Å². The summed E-state index contributed by atoms with van der Waals surface area (Å²) in [5, 5.41) is 6.90. The van der Waals surface area contributed by atoms with E-state index < -0.39 is 0 Å².